The standard InChI is InChI=1S/C23H24N4O2S/c24-13-20-19-7-1-2-8-21(19)30-23(20)26-22(28)9-11-27(16-18-6-4-12-29-18)15-17-5-3-10-25-14-17/h3-6,10,12,14H,1-2,7-9,11,15-16H2,(H,26,28). The summed E-state index contributed by atoms with van der Waals surface area (Å²) >= 11 is 1.56. The molecule has 0 aromatic carbocycles. The van der Waals surface area contributed by atoms with Crippen LogP contribution in [-0.4, -0.2) is 22.3 Å². The van der Waals surface area contributed by atoms with E-state index in [9.17, 15) is 10.1 Å². The molecule has 1 aliphatic rings. The van der Waals surface area contributed by atoms with E-state index in [0.29, 0.717) is 36.6 Å². The molecule has 0 bridgehead atoms. The third-order valence-corrected chi connectivity index (χ3v) is 6.49. The third-order valence-electron chi connectivity index (χ3n) is 5.28. The van der Waals surface area contributed by atoms with Crippen LogP contribution in [0, 0.1) is 11.3 Å². The SMILES string of the molecule is N#Cc1c(NC(=O)CCN(Cc2cccnc2)Cc2ccco2)sc2c1CCCC2. The van der Waals surface area contributed by atoms with Crippen LogP contribution in [0.15, 0.2) is 47.3 Å². The highest BCUT2D eigenvalue weighted by Gasteiger charge is 2.22. The van der Waals surface area contributed by atoms with Gasteiger partial charge in [-0.15, -0.1) is 11.3 Å². The molecule has 154 valence electrons. The molecule has 0 fully saturated rings. The van der Waals surface area contributed by atoms with Crippen LogP contribution < -0.4 is 5.32 Å². The van der Waals surface area contributed by atoms with Gasteiger partial charge >= 0.3 is 0 Å². The topological polar surface area (TPSA) is 82.2 Å². The number of hydrogen-bond donors (Lipinski definition) is 1. The van der Waals surface area contributed by atoms with E-state index in [-0.39, 0.29) is 5.91 Å². The first-order valence-electron chi connectivity index (χ1n) is 10.2. The Bertz CT molecular complexity index is 1020. The number of pyridine rings is 1. The number of aromatic nitrogens is 1. The number of amides is 1. The van der Waals surface area contributed by atoms with Gasteiger partial charge in [-0.25, -0.2) is 0 Å². The maximum absolute atomic E-state index is 12.7. The molecule has 0 saturated carbocycles. The molecule has 3 aromatic rings. The Labute approximate surface area is 180 Å². The lowest BCUT2D eigenvalue weighted by atomic mass is 9.96. The van der Waals surface area contributed by atoms with Crippen LogP contribution in [0.3, 0.4) is 0 Å². The van der Waals surface area contributed by atoms with Crippen molar-refractivity contribution in [3.63, 3.8) is 0 Å². The van der Waals surface area contributed by atoms with Gasteiger partial charge in [-0.1, -0.05) is 6.07 Å². The number of nitriles is 1. The zero-order valence-corrected chi connectivity index (χ0v) is 17.6. The molecule has 3 aromatic heterocycles. The van der Waals surface area contributed by atoms with Gasteiger partial charge in [-0.05, 0) is 55.0 Å². The van der Waals surface area contributed by atoms with E-state index in [2.05, 4.69) is 21.3 Å². The highest BCUT2D eigenvalue weighted by molar-refractivity contribution is 7.16. The zero-order valence-electron chi connectivity index (χ0n) is 16.8. The second-order valence-electron chi connectivity index (χ2n) is 7.48. The lowest BCUT2D eigenvalue weighted by Crippen LogP contribution is -2.27. The number of nitrogens with zero attached hydrogens (tertiary/aromatic N) is 3. The van der Waals surface area contributed by atoms with Crippen molar-refractivity contribution in [3.05, 3.63) is 70.3 Å². The van der Waals surface area contributed by atoms with E-state index in [4.69, 9.17) is 4.42 Å². The number of aryl methyl sites for hydroxylation is 1. The molecule has 1 amide bonds. The van der Waals surface area contributed by atoms with Gasteiger partial charge < -0.3 is 9.73 Å². The number of nitrogens with one attached hydrogen (secondary N) is 1. The predicted molar refractivity (Wildman–Crippen MR) is 116 cm³/mol. The van der Waals surface area contributed by atoms with Crippen molar-refractivity contribution < 1.29 is 9.21 Å². The quantitative estimate of drug-likeness (QED) is 0.579. The van der Waals surface area contributed by atoms with Crippen molar-refractivity contribution in [3.8, 4) is 6.07 Å². The first-order chi connectivity index (χ1) is 14.7. The van der Waals surface area contributed by atoms with Gasteiger partial charge in [0.15, 0.2) is 0 Å². The van der Waals surface area contributed by atoms with E-state index >= 15 is 0 Å². The fraction of sp³-hybridized carbons (Fsp3) is 0.348. The molecule has 0 atom stereocenters. The minimum Gasteiger partial charge on any atom is -0.468 e. The second-order valence-corrected chi connectivity index (χ2v) is 8.58. The summed E-state index contributed by atoms with van der Waals surface area (Å²) in [5, 5.41) is 13.3. The number of carbonyl (C=O) groups excluding carboxylic acids is 1. The van der Waals surface area contributed by atoms with Crippen molar-refractivity contribution in [2.24, 2.45) is 0 Å². The average Bonchev–Trinajstić information content (AvgIpc) is 3.39. The summed E-state index contributed by atoms with van der Waals surface area (Å²) in [5.41, 5.74) is 2.88. The Hall–Kier alpha value is -2.95. The van der Waals surface area contributed by atoms with Crippen molar-refractivity contribution in [1.82, 2.24) is 9.88 Å². The second kappa shape index (κ2) is 9.70. The summed E-state index contributed by atoms with van der Waals surface area (Å²) in [5.74, 6) is 0.790. The lowest BCUT2D eigenvalue weighted by molar-refractivity contribution is -0.116. The van der Waals surface area contributed by atoms with E-state index in [1.807, 2.05) is 30.5 Å². The van der Waals surface area contributed by atoms with E-state index in [0.717, 1.165) is 42.6 Å². The fourth-order valence-corrected chi connectivity index (χ4v) is 5.06. The number of thiophene rings is 1. The van der Waals surface area contributed by atoms with E-state index in [1.54, 1.807) is 23.8 Å². The maximum Gasteiger partial charge on any atom is 0.226 e. The summed E-state index contributed by atoms with van der Waals surface area (Å²) in [4.78, 5) is 20.3. The third kappa shape index (κ3) is 4.96. The van der Waals surface area contributed by atoms with Gasteiger partial charge in [0.25, 0.3) is 0 Å². The number of furan rings is 1. The molecule has 0 saturated heterocycles. The highest BCUT2D eigenvalue weighted by Crippen LogP contribution is 2.37. The van der Waals surface area contributed by atoms with E-state index < -0.39 is 0 Å². The summed E-state index contributed by atoms with van der Waals surface area (Å²) < 4.78 is 5.49. The lowest BCUT2D eigenvalue weighted by Gasteiger charge is -2.21. The fourth-order valence-electron chi connectivity index (χ4n) is 3.81. The van der Waals surface area contributed by atoms with Gasteiger partial charge in [0.05, 0.1) is 18.4 Å². The summed E-state index contributed by atoms with van der Waals surface area (Å²) in [6.45, 7) is 1.87. The number of hydrogen-bond acceptors (Lipinski definition) is 6. The monoisotopic (exact) mass is 420 g/mol. The summed E-state index contributed by atoms with van der Waals surface area (Å²) in [7, 11) is 0. The van der Waals surface area contributed by atoms with Crippen molar-refractivity contribution in [2.45, 2.75) is 45.2 Å². The smallest absolute Gasteiger partial charge is 0.226 e. The molecule has 7 heteroatoms. The van der Waals surface area contributed by atoms with Crippen molar-refractivity contribution in [1.29, 1.82) is 5.26 Å². The van der Waals surface area contributed by atoms with Crippen molar-refractivity contribution in [2.75, 3.05) is 11.9 Å². The molecular weight excluding hydrogens is 396 g/mol. The summed E-state index contributed by atoms with van der Waals surface area (Å²) in [6.07, 6.45) is 9.80. The molecule has 1 N–H and O–H groups in total. The van der Waals surface area contributed by atoms with Gasteiger partial charge in [0.1, 0.15) is 16.8 Å². The normalized spacial score (nSPS) is 13.1. The first-order valence-corrected chi connectivity index (χ1v) is 11.0. The molecule has 30 heavy (non-hydrogen) atoms. The average molecular weight is 421 g/mol. The molecule has 1 aliphatic carbocycles. The minimum absolute atomic E-state index is 0.0688. The van der Waals surface area contributed by atoms with E-state index in [1.165, 1.54) is 4.88 Å². The molecule has 4 rings (SSSR count). The Kier molecular flexibility index (Phi) is 6.57. The summed E-state index contributed by atoms with van der Waals surface area (Å²) in [6, 6.07) is 10.0. The maximum atomic E-state index is 12.7. The molecule has 6 nitrogen and oxygen atoms in total. The Morgan fingerprint density at radius 3 is 2.93 bits per heavy atom. The van der Waals surface area contributed by atoms with Gasteiger partial charge in [-0.3, -0.25) is 14.7 Å². The zero-order chi connectivity index (χ0) is 20.8. The molecular formula is C23H24N4O2S. The first kappa shape index (κ1) is 20.3. The molecule has 3 heterocycles. The van der Waals surface area contributed by atoms with Gasteiger partial charge in [0, 0.05) is 36.8 Å². The largest absolute Gasteiger partial charge is 0.468 e. The Morgan fingerprint density at radius 1 is 1.27 bits per heavy atom. The molecule has 0 unspecified atom stereocenters. The Morgan fingerprint density at radius 2 is 2.17 bits per heavy atom. The van der Waals surface area contributed by atoms with Crippen molar-refractivity contribution >= 4 is 22.2 Å². The van der Waals surface area contributed by atoms with Crippen LogP contribution in [0.4, 0.5) is 5.00 Å². The van der Waals surface area contributed by atoms with Crippen LogP contribution in [-0.2, 0) is 30.7 Å². The number of carbonyl (C=O) groups is 1. The van der Waals surface area contributed by atoms with Crippen LogP contribution in [0.1, 0.15) is 46.6 Å². The predicted octanol–water partition coefficient (Wildman–Crippen LogP) is 4.52. The highest BCUT2D eigenvalue weighted by atomic mass is 32.1. The van der Waals surface area contributed by atoms with Crippen LogP contribution in [0.5, 0.6) is 0 Å². The minimum atomic E-state index is -0.0688. The molecule has 0 radical (unpaired) electrons. The van der Waals surface area contributed by atoms with Gasteiger partial charge in [-0.2, -0.15) is 5.26 Å². The Balaban J connectivity index is 1.40. The van der Waals surface area contributed by atoms with Gasteiger partial charge in [0.2, 0.25) is 5.91 Å². The molecule has 0 aliphatic heterocycles. The van der Waals surface area contributed by atoms with Crippen LogP contribution in [0.25, 0.3) is 0 Å². The number of anilines is 1. The van der Waals surface area contributed by atoms with Crippen LogP contribution >= 0.6 is 11.3 Å². The molecule has 0 spiro atoms. The number of fused-ring (bicyclic) bond motifs is 1. The van der Waals surface area contributed by atoms with Crippen LogP contribution in [0.2, 0.25) is 0 Å². The number of rotatable bonds is 8.